The number of nitrogens with zero attached hydrogens (tertiary/aromatic N) is 2. The van der Waals surface area contributed by atoms with Crippen molar-refractivity contribution in [2.75, 3.05) is 20.8 Å². The van der Waals surface area contributed by atoms with Crippen LogP contribution in [0.25, 0.3) is 16.9 Å². The number of para-hydroxylation sites is 1. The zero-order chi connectivity index (χ0) is 21.8. The van der Waals surface area contributed by atoms with Crippen molar-refractivity contribution in [1.29, 1.82) is 0 Å². The van der Waals surface area contributed by atoms with Crippen molar-refractivity contribution in [3.8, 4) is 22.7 Å². The van der Waals surface area contributed by atoms with Gasteiger partial charge in [-0.2, -0.15) is 5.10 Å². The third-order valence-electron chi connectivity index (χ3n) is 4.21. The molecule has 7 nitrogen and oxygen atoms in total. The first-order chi connectivity index (χ1) is 14.4. The number of ether oxygens (including phenoxy) is 3. The topological polar surface area (TPSA) is 79.7 Å². The van der Waals surface area contributed by atoms with Crippen LogP contribution in [0.5, 0.6) is 5.75 Å². The minimum atomic E-state index is -0.835. The lowest BCUT2D eigenvalue weighted by Crippen LogP contribution is -2.15. The van der Waals surface area contributed by atoms with Crippen molar-refractivity contribution in [1.82, 2.24) is 9.78 Å². The summed E-state index contributed by atoms with van der Waals surface area (Å²) in [5, 5.41) is 4.39. The molecule has 3 aromatic rings. The molecule has 9 heteroatoms. The van der Waals surface area contributed by atoms with E-state index in [-0.39, 0.29) is 39.9 Å². The predicted octanol–water partition coefficient (Wildman–Crippen LogP) is 4.30. The molecule has 0 saturated carbocycles. The standard InChI is InChI=1S/C21H18ClFN2O5/c1-4-30-19-14(22)10-12(11-15(19)23)17-16(20(26)28-2)18(21(27)29-3)25(24-17)13-8-6-5-7-9-13/h5-11H,4H2,1-3H3. The van der Waals surface area contributed by atoms with Crippen LogP contribution in [0.4, 0.5) is 4.39 Å². The molecule has 0 aliphatic carbocycles. The lowest BCUT2D eigenvalue weighted by molar-refractivity contribution is 0.0549. The van der Waals surface area contributed by atoms with Crippen LogP contribution in [-0.4, -0.2) is 42.5 Å². The lowest BCUT2D eigenvalue weighted by Gasteiger charge is -2.09. The highest BCUT2D eigenvalue weighted by atomic mass is 35.5. The van der Waals surface area contributed by atoms with Crippen molar-refractivity contribution >= 4 is 23.5 Å². The molecule has 0 amide bonds. The fourth-order valence-electron chi connectivity index (χ4n) is 2.94. The Morgan fingerprint density at radius 2 is 1.77 bits per heavy atom. The number of benzene rings is 2. The van der Waals surface area contributed by atoms with Gasteiger partial charge < -0.3 is 14.2 Å². The van der Waals surface area contributed by atoms with Gasteiger partial charge in [-0.1, -0.05) is 29.8 Å². The van der Waals surface area contributed by atoms with Gasteiger partial charge >= 0.3 is 11.9 Å². The highest BCUT2D eigenvalue weighted by Gasteiger charge is 2.32. The molecule has 0 unspecified atom stereocenters. The number of esters is 2. The maximum absolute atomic E-state index is 14.6. The van der Waals surface area contributed by atoms with Crippen LogP contribution < -0.4 is 4.74 Å². The number of methoxy groups -OCH3 is 2. The molecule has 0 fully saturated rings. The zero-order valence-corrected chi connectivity index (χ0v) is 17.2. The molecule has 2 aromatic carbocycles. The summed E-state index contributed by atoms with van der Waals surface area (Å²) in [6.45, 7) is 1.92. The van der Waals surface area contributed by atoms with Gasteiger partial charge in [0, 0.05) is 5.56 Å². The fraction of sp³-hybridized carbons (Fsp3) is 0.190. The number of rotatable bonds is 6. The van der Waals surface area contributed by atoms with Gasteiger partial charge in [-0.3, -0.25) is 0 Å². The van der Waals surface area contributed by atoms with Crippen LogP contribution in [0.15, 0.2) is 42.5 Å². The van der Waals surface area contributed by atoms with E-state index in [9.17, 15) is 14.0 Å². The lowest BCUT2D eigenvalue weighted by atomic mass is 10.0. The van der Waals surface area contributed by atoms with E-state index in [1.54, 1.807) is 37.3 Å². The molecule has 0 bridgehead atoms. The monoisotopic (exact) mass is 432 g/mol. The average molecular weight is 433 g/mol. The van der Waals surface area contributed by atoms with E-state index < -0.39 is 17.8 Å². The molecule has 1 aromatic heterocycles. The van der Waals surface area contributed by atoms with Crippen LogP contribution in [0.3, 0.4) is 0 Å². The van der Waals surface area contributed by atoms with E-state index >= 15 is 0 Å². The molecule has 3 rings (SSSR count). The van der Waals surface area contributed by atoms with Gasteiger partial charge in [0.15, 0.2) is 17.3 Å². The highest BCUT2D eigenvalue weighted by Crippen LogP contribution is 2.36. The van der Waals surface area contributed by atoms with Crippen LogP contribution in [0.1, 0.15) is 27.8 Å². The second-order valence-electron chi connectivity index (χ2n) is 6.00. The second kappa shape index (κ2) is 8.96. The summed E-state index contributed by atoms with van der Waals surface area (Å²) in [4.78, 5) is 25.2. The Kier molecular flexibility index (Phi) is 6.37. The van der Waals surface area contributed by atoms with E-state index in [0.29, 0.717) is 5.69 Å². The van der Waals surface area contributed by atoms with Gasteiger partial charge in [-0.15, -0.1) is 0 Å². The molecule has 0 aliphatic rings. The van der Waals surface area contributed by atoms with Gasteiger partial charge in [0.25, 0.3) is 0 Å². The smallest absolute Gasteiger partial charge is 0.357 e. The van der Waals surface area contributed by atoms with Gasteiger partial charge in [0.1, 0.15) is 11.3 Å². The van der Waals surface area contributed by atoms with Crippen molar-refractivity contribution in [2.24, 2.45) is 0 Å². The molecule has 0 saturated heterocycles. The Morgan fingerprint density at radius 1 is 1.10 bits per heavy atom. The van der Waals surface area contributed by atoms with Crippen LogP contribution in [-0.2, 0) is 9.47 Å². The van der Waals surface area contributed by atoms with Crippen LogP contribution in [0.2, 0.25) is 5.02 Å². The molecular formula is C21H18ClFN2O5. The minimum absolute atomic E-state index is 0.00320. The van der Waals surface area contributed by atoms with Crippen molar-refractivity contribution < 1.29 is 28.2 Å². The van der Waals surface area contributed by atoms with Crippen molar-refractivity contribution in [2.45, 2.75) is 6.92 Å². The summed E-state index contributed by atoms with van der Waals surface area (Å²) in [5.74, 6) is -2.49. The van der Waals surface area contributed by atoms with E-state index in [1.807, 2.05) is 0 Å². The van der Waals surface area contributed by atoms with Gasteiger partial charge in [0.2, 0.25) is 0 Å². The molecule has 0 N–H and O–H groups in total. The number of carbonyl (C=O) groups is 2. The summed E-state index contributed by atoms with van der Waals surface area (Å²) in [5.41, 5.74) is 0.340. The van der Waals surface area contributed by atoms with E-state index in [1.165, 1.54) is 25.0 Å². The third-order valence-corrected chi connectivity index (χ3v) is 4.50. The molecular weight excluding hydrogens is 415 g/mol. The SMILES string of the molecule is CCOc1c(F)cc(-c2nn(-c3ccccc3)c(C(=O)OC)c2C(=O)OC)cc1Cl. The normalized spacial score (nSPS) is 10.6. The van der Waals surface area contributed by atoms with E-state index in [2.05, 4.69) is 5.10 Å². The summed E-state index contributed by atoms with van der Waals surface area (Å²) in [6, 6.07) is 11.2. The molecule has 0 atom stereocenters. The van der Waals surface area contributed by atoms with Gasteiger partial charge in [-0.05, 0) is 31.2 Å². The zero-order valence-electron chi connectivity index (χ0n) is 16.4. The number of carbonyl (C=O) groups excluding carboxylic acids is 2. The molecule has 1 heterocycles. The van der Waals surface area contributed by atoms with E-state index in [0.717, 1.165) is 6.07 Å². The van der Waals surface area contributed by atoms with Crippen LogP contribution in [0, 0.1) is 5.82 Å². The van der Waals surface area contributed by atoms with Gasteiger partial charge in [0.05, 0.1) is 31.5 Å². The Balaban J connectivity index is 2.33. The maximum atomic E-state index is 14.6. The predicted molar refractivity (Wildman–Crippen MR) is 108 cm³/mol. The summed E-state index contributed by atoms with van der Waals surface area (Å²) in [6.07, 6.45) is 0. The first-order valence-corrected chi connectivity index (χ1v) is 9.28. The number of halogens is 2. The molecule has 156 valence electrons. The summed E-state index contributed by atoms with van der Waals surface area (Å²) < 4.78 is 30.8. The average Bonchev–Trinajstić information content (AvgIpc) is 3.16. The first kappa shape index (κ1) is 21.3. The Bertz CT molecular complexity index is 1080. The number of aromatic nitrogens is 2. The summed E-state index contributed by atoms with van der Waals surface area (Å²) in [7, 11) is 2.34. The van der Waals surface area contributed by atoms with Crippen LogP contribution >= 0.6 is 11.6 Å². The quantitative estimate of drug-likeness (QED) is 0.540. The highest BCUT2D eigenvalue weighted by molar-refractivity contribution is 6.32. The second-order valence-corrected chi connectivity index (χ2v) is 6.41. The largest absolute Gasteiger partial charge is 0.489 e. The van der Waals surface area contributed by atoms with Crippen molar-refractivity contribution in [3.05, 3.63) is 64.6 Å². The molecule has 0 aliphatic heterocycles. The Labute approximate surface area is 176 Å². The number of hydrogen-bond donors (Lipinski definition) is 0. The first-order valence-electron chi connectivity index (χ1n) is 8.90. The number of hydrogen-bond acceptors (Lipinski definition) is 6. The molecule has 0 radical (unpaired) electrons. The van der Waals surface area contributed by atoms with Gasteiger partial charge in [-0.25, -0.2) is 18.7 Å². The van der Waals surface area contributed by atoms with E-state index in [4.69, 9.17) is 25.8 Å². The Morgan fingerprint density at radius 3 is 2.33 bits per heavy atom. The minimum Gasteiger partial charge on any atom is -0.489 e. The fourth-order valence-corrected chi connectivity index (χ4v) is 3.20. The third kappa shape index (κ3) is 3.86. The summed E-state index contributed by atoms with van der Waals surface area (Å²) >= 11 is 6.18. The maximum Gasteiger partial charge on any atom is 0.357 e. The van der Waals surface area contributed by atoms with Crippen molar-refractivity contribution in [3.63, 3.8) is 0 Å². The Hall–Kier alpha value is -3.39. The molecule has 30 heavy (non-hydrogen) atoms. The molecule has 0 spiro atoms.